The normalized spacial score (nSPS) is 11.9. The lowest BCUT2D eigenvalue weighted by molar-refractivity contribution is -0.141. The Hall–Kier alpha value is -3.51. The molecule has 0 aliphatic rings. The van der Waals surface area contributed by atoms with Gasteiger partial charge in [-0.05, 0) is 82.0 Å². The molecular weight excluding hydrogens is 524 g/mol. The number of amides is 2. The lowest BCUT2D eigenvalue weighted by Crippen LogP contribution is -2.54. The number of hydrogen-bond acceptors (Lipinski definition) is 4. The van der Waals surface area contributed by atoms with Gasteiger partial charge in [-0.25, -0.2) is 0 Å². The Morgan fingerprint density at radius 3 is 2.17 bits per heavy atom. The summed E-state index contributed by atoms with van der Waals surface area (Å²) in [5.74, 6) is 1.05. The van der Waals surface area contributed by atoms with E-state index in [9.17, 15) is 9.59 Å². The van der Waals surface area contributed by atoms with Crippen molar-refractivity contribution in [2.75, 3.05) is 13.2 Å². The molecule has 1 N–H and O–H groups in total. The maximum absolute atomic E-state index is 13.9. The predicted molar refractivity (Wildman–Crippen MR) is 161 cm³/mol. The van der Waals surface area contributed by atoms with E-state index >= 15 is 0 Å². The minimum atomic E-state index is -0.701. The average Bonchev–Trinajstić information content (AvgIpc) is 2.90. The third-order valence-electron chi connectivity index (χ3n) is 6.25. The molecule has 3 aromatic rings. The first kappa shape index (κ1) is 31.0. The number of halogens is 1. The monoisotopic (exact) mass is 564 g/mol. The van der Waals surface area contributed by atoms with Crippen LogP contribution in [0.5, 0.6) is 11.5 Å². The second-order valence-corrected chi connectivity index (χ2v) is 11.2. The first-order valence-electron chi connectivity index (χ1n) is 13.9. The summed E-state index contributed by atoms with van der Waals surface area (Å²) in [5.41, 5.74) is 2.35. The van der Waals surface area contributed by atoms with Gasteiger partial charge in [0.05, 0.1) is 13.2 Å². The third-order valence-corrected chi connectivity index (χ3v) is 6.48. The summed E-state index contributed by atoms with van der Waals surface area (Å²) in [5, 5.41) is 3.68. The van der Waals surface area contributed by atoms with Crippen LogP contribution in [-0.2, 0) is 29.0 Å². The van der Waals surface area contributed by atoms with Gasteiger partial charge in [-0.15, -0.1) is 0 Å². The van der Waals surface area contributed by atoms with Crippen molar-refractivity contribution in [1.29, 1.82) is 0 Å². The van der Waals surface area contributed by atoms with E-state index in [4.69, 9.17) is 21.1 Å². The Bertz CT molecular complexity index is 1260. The number of carbonyl (C=O) groups is 2. The van der Waals surface area contributed by atoms with Crippen LogP contribution in [0.25, 0.3) is 0 Å². The molecule has 0 saturated carbocycles. The molecule has 2 amide bonds. The van der Waals surface area contributed by atoms with Crippen LogP contribution in [0.3, 0.4) is 0 Å². The van der Waals surface area contributed by atoms with Gasteiger partial charge in [0.2, 0.25) is 11.8 Å². The first-order chi connectivity index (χ1) is 19.1. The fourth-order valence-electron chi connectivity index (χ4n) is 4.48. The molecule has 7 heteroatoms. The number of benzene rings is 3. The van der Waals surface area contributed by atoms with E-state index in [1.54, 1.807) is 11.0 Å². The van der Waals surface area contributed by atoms with Crippen LogP contribution < -0.4 is 14.8 Å². The molecule has 0 bridgehead atoms. The fraction of sp³-hybridized carbons (Fsp3) is 0.394. The maximum atomic E-state index is 13.9. The van der Waals surface area contributed by atoms with Crippen molar-refractivity contribution < 1.29 is 19.1 Å². The minimum Gasteiger partial charge on any atom is -0.490 e. The summed E-state index contributed by atoms with van der Waals surface area (Å²) in [4.78, 5) is 29.3. The van der Waals surface area contributed by atoms with Crippen LogP contribution in [0.4, 0.5) is 0 Å². The Balaban J connectivity index is 1.92. The number of nitrogens with zero attached hydrogens (tertiary/aromatic N) is 1. The van der Waals surface area contributed by atoms with Crippen LogP contribution in [0.15, 0.2) is 72.8 Å². The maximum Gasteiger partial charge on any atom is 0.243 e. The van der Waals surface area contributed by atoms with Gasteiger partial charge >= 0.3 is 0 Å². The van der Waals surface area contributed by atoms with Gasteiger partial charge in [0.1, 0.15) is 6.04 Å². The van der Waals surface area contributed by atoms with E-state index in [-0.39, 0.29) is 24.8 Å². The molecule has 3 rings (SSSR count). The van der Waals surface area contributed by atoms with Gasteiger partial charge in [0.25, 0.3) is 0 Å². The van der Waals surface area contributed by atoms with Crippen molar-refractivity contribution >= 4 is 23.4 Å². The highest BCUT2D eigenvalue weighted by molar-refractivity contribution is 6.30. The average molecular weight is 565 g/mol. The highest BCUT2D eigenvalue weighted by Gasteiger charge is 2.32. The van der Waals surface area contributed by atoms with Crippen LogP contribution in [0.2, 0.25) is 5.02 Å². The third kappa shape index (κ3) is 9.60. The first-order valence-corrected chi connectivity index (χ1v) is 14.3. The highest BCUT2D eigenvalue weighted by Crippen LogP contribution is 2.29. The number of rotatable bonds is 13. The highest BCUT2D eigenvalue weighted by atomic mass is 35.5. The Labute approximate surface area is 243 Å². The van der Waals surface area contributed by atoms with Gasteiger partial charge < -0.3 is 19.7 Å². The molecule has 6 nitrogen and oxygen atoms in total. The Morgan fingerprint density at radius 1 is 0.850 bits per heavy atom. The molecule has 0 aromatic heterocycles. The van der Waals surface area contributed by atoms with Crippen molar-refractivity contribution in [3.05, 3.63) is 94.5 Å². The lowest BCUT2D eigenvalue weighted by atomic mass is 9.99. The van der Waals surface area contributed by atoms with E-state index < -0.39 is 11.6 Å². The molecule has 0 heterocycles. The van der Waals surface area contributed by atoms with Crippen molar-refractivity contribution in [2.45, 2.75) is 72.0 Å². The number of ether oxygens (including phenoxy) is 2. The SMILES string of the molecule is CCOc1ccc(CCC(=O)N(Cc2cccc(Cl)c2)[C@H](Cc2ccccc2)C(=O)NC(C)(C)C)cc1OCC. The molecule has 0 radical (unpaired) electrons. The van der Waals surface area contributed by atoms with Crippen LogP contribution >= 0.6 is 11.6 Å². The molecule has 1 atom stereocenters. The number of nitrogens with one attached hydrogen (secondary N) is 1. The molecule has 0 saturated heterocycles. The largest absolute Gasteiger partial charge is 0.490 e. The van der Waals surface area contributed by atoms with Crippen molar-refractivity contribution in [3.63, 3.8) is 0 Å². The van der Waals surface area contributed by atoms with Gasteiger partial charge in [-0.3, -0.25) is 9.59 Å². The van der Waals surface area contributed by atoms with Crippen molar-refractivity contribution in [1.82, 2.24) is 10.2 Å². The quantitative estimate of drug-likeness (QED) is 0.253. The van der Waals surface area contributed by atoms with E-state index in [1.165, 1.54) is 0 Å². The molecule has 40 heavy (non-hydrogen) atoms. The zero-order chi connectivity index (χ0) is 29.1. The van der Waals surface area contributed by atoms with E-state index in [0.717, 1.165) is 16.7 Å². The van der Waals surface area contributed by atoms with Crippen molar-refractivity contribution in [3.8, 4) is 11.5 Å². The number of hydrogen-bond donors (Lipinski definition) is 1. The zero-order valence-corrected chi connectivity index (χ0v) is 25.0. The molecule has 0 unspecified atom stereocenters. The molecule has 0 spiro atoms. The standard InChI is InChI=1S/C33H41ClN2O4/c1-6-39-29-18-16-25(22-30(29)40-7-2)17-19-31(37)36(23-26-14-11-15-27(34)20-26)28(32(38)35-33(3,4)5)21-24-12-9-8-10-13-24/h8-16,18,20,22,28H,6-7,17,19,21,23H2,1-5H3,(H,35,38)/t28-/m1/s1. The van der Waals surface area contributed by atoms with Gasteiger partial charge in [-0.2, -0.15) is 0 Å². The number of carbonyl (C=O) groups excluding carboxylic acids is 2. The Kier molecular flexibility index (Phi) is 11.4. The fourth-order valence-corrected chi connectivity index (χ4v) is 4.70. The van der Waals surface area contributed by atoms with Crippen LogP contribution in [-0.4, -0.2) is 41.5 Å². The molecule has 214 valence electrons. The topological polar surface area (TPSA) is 67.9 Å². The second-order valence-electron chi connectivity index (χ2n) is 10.7. The van der Waals surface area contributed by atoms with Gasteiger partial charge in [0, 0.05) is 29.9 Å². The smallest absolute Gasteiger partial charge is 0.243 e. The zero-order valence-electron chi connectivity index (χ0n) is 24.2. The summed E-state index contributed by atoms with van der Waals surface area (Å²) >= 11 is 6.28. The van der Waals surface area contributed by atoms with Gasteiger partial charge in [0.15, 0.2) is 11.5 Å². The van der Waals surface area contributed by atoms with E-state index in [0.29, 0.717) is 42.6 Å². The second kappa shape index (κ2) is 14.8. The Morgan fingerprint density at radius 2 is 1.52 bits per heavy atom. The summed E-state index contributed by atoms with van der Waals surface area (Å²) in [6.07, 6.45) is 1.12. The van der Waals surface area contributed by atoms with Crippen LogP contribution in [0, 0.1) is 0 Å². The van der Waals surface area contributed by atoms with E-state index in [1.807, 2.05) is 101 Å². The molecular formula is C33H41ClN2O4. The molecule has 0 aliphatic carbocycles. The summed E-state index contributed by atoms with van der Waals surface area (Å²) < 4.78 is 11.5. The molecule has 0 aliphatic heterocycles. The van der Waals surface area contributed by atoms with Crippen molar-refractivity contribution in [2.24, 2.45) is 0 Å². The summed E-state index contributed by atoms with van der Waals surface area (Å²) in [7, 11) is 0. The van der Waals surface area contributed by atoms with Crippen LogP contribution in [0.1, 0.15) is 57.7 Å². The molecule has 3 aromatic carbocycles. The van der Waals surface area contributed by atoms with Gasteiger partial charge in [-0.1, -0.05) is 60.1 Å². The summed E-state index contributed by atoms with van der Waals surface area (Å²) in [6, 6.07) is 22.3. The summed E-state index contributed by atoms with van der Waals surface area (Å²) in [6.45, 7) is 11.0. The van der Waals surface area contributed by atoms with E-state index in [2.05, 4.69) is 5.32 Å². The lowest BCUT2D eigenvalue weighted by Gasteiger charge is -2.34. The molecule has 0 fully saturated rings. The number of aryl methyl sites for hydroxylation is 1. The predicted octanol–water partition coefficient (Wildman–Crippen LogP) is 6.62. The minimum absolute atomic E-state index is 0.114.